The molecular formula is C12H13F3O3S. The molecule has 1 aliphatic rings. The third-order valence-corrected chi connectivity index (χ3v) is 4.20. The molecule has 19 heavy (non-hydrogen) atoms. The summed E-state index contributed by atoms with van der Waals surface area (Å²) < 4.78 is 62.0. The summed E-state index contributed by atoms with van der Waals surface area (Å²) >= 11 is 0. The van der Waals surface area contributed by atoms with Crippen LogP contribution in [0.2, 0.25) is 0 Å². The number of hydrogen-bond donors (Lipinski definition) is 0. The van der Waals surface area contributed by atoms with Crippen molar-refractivity contribution < 1.29 is 25.8 Å². The Morgan fingerprint density at radius 2 is 1.84 bits per heavy atom. The SMILES string of the molecule is O=S(=O)(OCC1CCc2ccccc2C1)C(F)(F)F. The summed E-state index contributed by atoms with van der Waals surface area (Å²) in [5.74, 6) is -0.202. The molecule has 0 N–H and O–H groups in total. The van der Waals surface area contributed by atoms with Crippen molar-refractivity contribution in [3.05, 3.63) is 35.4 Å². The molecule has 0 aromatic heterocycles. The van der Waals surface area contributed by atoms with Crippen LogP contribution in [0.3, 0.4) is 0 Å². The molecule has 1 aliphatic carbocycles. The second-order valence-electron chi connectivity index (χ2n) is 4.56. The first kappa shape index (κ1) is 14.3. The zero-order valence-corrected chi connectivity index (χ0v) is 10.8. The fourth-order valence-corrected chi connectivity index (χ4v) is 2.67. The van der Waals surface area contributed by atoms with Crippen molar-refractivity contribution in [2.75, 3.05) is 6.61 Å². The van der Waals surface area contributed by atoms with Gasteiger partial charge < -0.3 is 0 Å². The van der Waals surface area contributed by atoms with Gasteiger partial charge in [0.15, 0.2) is 0 Å². The Kier molecular flexibility index (Phi) is 3.87. The summed E-state index contributed by atoms with van der Waals surface area (Å²) in [4.78, 5) is 0. The Bertz CT molecular complexity index is 552. The van der Waals surface area contributed by atoms with Crippen LogP contribution in [0.1, 0.15) is 17.5 Å². The van der Waals surface area contributed by atoms with E-state index in [1.165, 1.54) is 0 Å². The van der Waals surface area contributed by atoms with Crippen LogP contribution in [0.15, 0.2) is 24.3 Å². The molecule has 0 bridgehead atoms. The highest BCUT2D eigenvalue weighted by atomic mass is 32.2. The lowest BCUT2D eigenvalue weighted by atomic mass is 9.84. The van der Waals surface area contributed by atoms with Crippen LogP contribution in [0.25, 0.3) is 0 Å². The summed E-state index contributed by atoms with van der Waals surface area (Å²) in [5.41, 5.74) is -3.14. The first-order valence-corrected chi connectivity index (χ1v) is 7.23. The van der Waals surface area contributed by atoms with Crippen molar-refractivity contribution in [2.45, 2.75) is 24.8 Å². The van der Waals surface area contributed by atoms with E-state index >= 15 is 0 Å². The van der Waals surface area contributed by atoms with Crippen molar-refractivity contribution in [1.82, 2.24) is 0 Å². The number of halogens is 3. The Balaban J connectivity index is 1.97. The summed E-state index contributed by atoms with van der Waals surface area (Å²) in [6.07, 6.45) is 1.91. The van der Waals surface area contributed by atoms with Crippen molar-refractivity contribution in [2.24, 2.45) is 5.92 Å². The second kappa shape index (κ2) is 5.13. The maximum absolute atomic E-state index is 12.1. The molecule has 7 heteroatoms. The quantitative estimate of drug-likeness (QED) is 0.636. The zero-order valence-electron chi connectivity index (χ0n) is 9.98. The predicted molar refractivity (Wildman–Crippen MR) is 62.9 cm³/mol. The highest BCUT2D eigenvalue weighted by Gasteiger charge is 2.47. The standard InChI is InChI=1S/C12H13F3O3S/c13-12(14,15)19(16,17)18-8-9-5-6-10-3-1-2-4-11(10)7-9/h1-4,9H,5-8H2. The topological polar surface area (TPSA) is 43.4 Å². The van der Waals surface area contributed by atoms with Gasteiger partial charge in [-0.25, -0.2) is 0 Å². The minimum Gasteiger partial charge on any atom is -0.263 e. The van der Waals surface area contributed by atoms with Crippen LogP contribution in [0.4, 0.5) is 13.2 Å². The van der Waals surface area contributed by atoms with Crippen molar-refractivity contribution >= 4 is 10.1 Å². The molecule has 0 saturated heterocycles. The number of alkyl halides is 3. The van der Waals surface area contributed by atoms with E-state index in [-0.39, 0.29) is 5.92 Å². The minimum absolute atomic E-state index is 0.202. The Morgan fingerprint density at radius 3 is 2.47 bits per heavy atom. The van der Waals surface area contributed by atoms with E-state index in [1.54, 1.807) is 0 Å². The van der Waals surface area contributed by atoms with E-state index < -0.39 is 22.2 Å². The summed E-state index contributed by atoms with van der Waals surface area (Å²) in [6, 6.07) is 7.64. The molecular weight excluding hydrogens is 281 g/mol. The van der Waals surface area contributed by atoms with Gasteiger partial charge in [0.25, 0.3) is 0 Å². The summed E-state index contributed by atoms with van der Waals surface area (Å²) in [6.45, 7) is -0.420. The smallest absolute Gasteiger partial charge is 0.263 e. The molecule has 3 nitrogen and oxygen atoms in total. The third kappa shape index (κ3) is 3.27. The molecule has 0 spiro atoms. The minimum atomic E-state index is -5.47. The van der Waals surface area contributed by atoms with Crippen LogP contribution in [0, 0.1) is 5.92 Å². The second-order valence-corrected chi connectivity index (χ2v) is 6.17. The number of fused-ring (bicyclic) bond motifs is 1. The largest absolute Gasteiger partial charge is 0.523 e. The Hall–Kier alpha value is -1.08. The van der Waals surface area contributed by atoms with E-state index in [0.29, 0.717) is 12.8 Å². The normalized spacial score (nSPS) is 20.1. The van der Waals surface area contributed by atoms with E-state index in [0.717, 1.165) is 17.5 Å². The molecule has 106 valence electrons. The molecule has 0 amide bonds. The fraction of sp³-hybridized carbons (Fsp3) is 0.500. The van der Waals surface area contributed by atoms with Gasteiger partial charge in [-0.3, -0.25) is 4.18 Å². The van der Waals surface area contributed by atoms with E-state index in [4.69, 9.17) is 0 Å². The summed E-state index contributed by atoms with van der Waals surface area (Å²) in [7, 11) is -5.47. The van der Waals surface area contributed by atoms with Crippen LogP contribution in [0.5, 0.6) is 0 Å². The maximum atomic E-state index is 12.1. The van der Waals surface area contributed by atoms with Crippen molar-refractivity contribution in [1.29, 1.82) is 0 Å². The Labute approximate surface area is 109 Å². The number of benzene rings is 1. The molecule has 0 heterocycles. The van der Waals surface area contributed by atoms with Crippen LogP contribution >= 0.6 is 0 Å². The average Bonchev–Trinajstić information content (AvgIpc) is 2.35. The molecule has 1 atom stereocenters. The van der Waals surface area contributed by atoms with Crippen molar-refractivity contribution in [3.63, 3.8) is 0 Å². The van der Waals surface area contributed by atoms with Gasteiger partial charge in [-0.1, -0.05) is 24.3 Å². The molecule has 0 saturated carbocycles. The molecule has 1 aromatic rings. The third-order valence-electron chi connectivity index (χ3n) is 3.19. The molecule has 1 aromatic carbocycles. The van der Waals surface area contributed by atoms with Gasteiger partial charge in [0.2, 0.25) is 0 Å². The summed E-state index contributed by atoms with van der Waals surface area (Å²) in [5, 5.41) is 0. The monoisotopic (exact) mass is 294 g/mol. The van der Waals surface area contributed by atoms with Gasteiger partial charge in [-0.05, 0) is 36.3 Å². The van der Waals surface area contributed by atoms with Crippen LogP contribution in [-0.4, -0.2) is 20.5 Å². The molecule has 2 rings (SSSR count). The molecule has 1 unspecified atom stereocenters. The van der Waals surface area contributed by atoms with E-state index in [1.807, 2.05) is 24.3 Å². The maximum Gasteiger partial charge on any atom is 0.523 e. The van der Waals surface area contributed by atoms with Gasteiger partial charge >= 0.3 is 15.6 Å². The average molecular weight is 294 g/mol. The zero-order chi connectivity index (χ0) is 14.1. The van der Waals surface area contributed by atoms with Gasteiger partial charge in [-0.2, -0.15) is 21.6 Å². The lowest BCUT2D eigenvalue weighted by Crippen LogP contribution is -2.29. The molecule has 0 fully saturated rings. The molecule has 0 radical (unpaired) electrons. The predicted octanol–water partition coefficient (Wildman–Crippen LogP) is 2.66. The first-order chi connectivity index (χ1) is 8.79. The van der Waals surface area contributed by atoms with E-state index in [2.05, 4.69) is 4.18 Å². The lowest BCUT2D eigenvalue weighted by molar-refractivity contribution is -0.0551. The highest BCUT2D eigenvalue weighted by molar-refractivity contribution is 7.87. The first-order valence-electron chi connectivity index (χ1n) is 5.82. The highest BCUT2D eigenvalue weighted by Crippen LogP contribution is 2.29. The van der Waals surface area contributed by atoms with Crippen molar-refractivity contribution in [3.8, 4) is 0 Å². The Morgan fingerprint density at radius 1 is 1.21 bits per heavy atom. The number of aryl methyl sites for hydroxylation is 1. The number of rotatable bonds is 3. The van der Waals surface area contributed by atoms with Crippen LogP contribution in [-0.2, 0) is 27.1 Å². The fourth-order valence-electron chi connectivity index (χ4n) is 2.17. The van der Waals surface area contributed by atoms with Gasteiger partial charge in [0.1, 0.15) is 0 Å². The van der Waals surface area contributed by atoms with Gasteiger partial charge in [-0.15, -0.1) is 0 Å². The molecule has 0 aliphatic heterocycles. The van der Waals surface area contributed by atoms with Crippen LogP contribution < -0.4 is 0 Å². The van der Waals surface area contributed by atoms with Gasteiger partial charge in [0.05, 0.1) is 6.61 Å². The number of hydrogen-bond acceptors (Lipinski definition) is 3. The van der Waals surface area contributed by atoms with E-state index in [9.17, 15) is 21.6 Å². The van der Waals surface area contributed by atoms with Gasteiger partial charge in [0, 0.05) is 0 Å². The lowest BCUT2D eigenvalue weighted by Gasteiger charge is -2.24.